The third kappa shape index (κ3) is 5.38. The van der Waals surface area contributed by atoms with E-state index in [1.807, 2.05) is 84.9 Å². The van der Waals surface area contributed by atoms with E-state index in [1.165, 1.54) is 5.56 Å². The molecule has 0 saturated carbocycles. The molecule has 5 aromatic carbocycles. The van der Waals surface area contributed by atoms with Gasteiger partial charge in [-0.15, -0.1) is 29.8 Å². The van der Waals surface area contributed by atoms with Gasteiger partial charge in [-0.05, 0) is 46.5 Å². The number of phenols is 1. The van der Waals surface area contributed by atoms with Crippen molar-refractivity contribution >= 4 is 11.1 Å². The topological polar surface area (TPSA) is 59.2 Å². The number of aromatic nitrogens is 2. The Morgan fingerprint density at radius 2 is 1.43 bits per heavy atom. The number of fused-ring (bicyclic) bond motifs is 1. The summed E-state index contributed by atoms with van der Waals surface area (Å²) in [5.74, 6) is 0.475. The van der Waals surface area contributed by atoms with Gasteiger partial charge in [-0.2, -0.15) is 0 Å². The normalized spacial score (nSPS) is 11.3. The van der Waals surface area contributed by atoms with Crippen molar-refractivity contribution in [3.63, 3.8) is 0 Å². The van der Waals surface area contributed by atoms with Crippen LogP contribution in [0.4, 0.5) is 0 Å². The number of pyridine rings is 1. The first kappa shape index (κ1) is 29.3. The molecule has 7 aromatic rings. The molecule has 0 spiro atoms. The zero-order valence-corrected chi connectivity index (χ0v) is 26.5. The minimum absolute atomic E-state index is 0. The minimum Gasteiger partial charge on any atom is -0.507 e. The van der Waals surface area contributed by atoms with Crippen molar-refractivity contribution in [2.24, 2.45) is 0 Å². The number of nitrogens with zero attached hydrogens (tertiary/aromatic N) is 2. The van der Waals surface area contributed by atoms with E-state index in [0.29, 0.717) is 17.0 Å². The predicted molar refractivity (Wildman–Crippen MR) is 173 cm³/mol. The van der Waals surface area contributed by atoms with E-state index >= 15 is 0 Å². The summed E-state index contributed by atoms with van der Waals surface area (Å²) in [5.41, 5.74) is 9.44. The zero-order chi connectivity index (χ0) is 29.4. The molecule has 2 heterocycles. The van der Waals surface area contributed by atoms with Gasteiger partial charge in [-0.3, -0.25) is 4.98 Å². The predicted octanol–water partition coefficient (Wildman–Crippen LogP) is 9.72. The molecule has 0 radical (unpaired) electrons. The number of rotatable bonds is 6. The van der Waals surface area contributed by atoms with Gasteiger partial charge in [-0.1, -0.05) is 110 Å². The Labute approximate surface area is 271 Å². The summed E-state index contributed by atoms with van der Waals surface area (Å²) in [4.78, 5) is 9.62. The average molecular weight is 753 g/mol. The Balaban J connectivity index is 0.00000343. The molecule has 0 aliphatic carbocycles. The van der Waals surface area contributed by atoms with Gasteiger partial charge in [0.05, 0.1) is 11.1 Å². The molecule has 0 saturated heterocycles. The molecule has 0 unspecified atom stereocenters. The minimum atomic E-state index is -0.353. The summed E-state index contributed by atoms with van der Waals surface area (Å²) in [6.45, 7) is 4.46. The maximum Gasteiger partial charge on any atom is 0.230 e. The molecule has 0 aliphatic heterocycles. The first-order valence-corrected chi connectivity index (χ1v) is 14.3. The van der Waals surface area contributed by atoms with Gasteiger partial charge in [-0.25, -0.2) is 4.98 Å². The monoisotopic (exact) mass is 752 g/mol. The Bertz CT molecular complexity index is 2050. The standard InChI is InChI=1S/C39H29N2O2.Pt/c1-39(2,30-16-7-4-8-17-30)32-20-22-35-37(36(32)29-15-11-14-28(24-29)33-18-9-10-23-40-33)41-38(43-35)31-25-27(19-21-34(31)42)26-12-5-3-6-13-26;/h3-23,25,42H,1-2H3;/q-1;. The van der Waals surface area contributed by atoms with E-state index < -0.39 is 0 Å². The van der Waals surface area contributed by atoms with Crippen molar-refractivity contribution in [1.29, 1.82) is 0 Å². The Morgan fingerprint density at radius 1 is 0.705 bits per heavy atom. The van der Waals surface area contributed by atoms with Crippen LogP contribution < -0.4 is 0 Å². The maximum absolute atomic E-state index is 10.9. The third-order valence-corrected chi connectivity index (χ3v) is 8.07. The molecule has 1 N–H and O–H groups in total. The van der Waals surface area contributed by atoms with Crippen molar-refractivity contribution in [1.82, 2.24) is 9.97 Å². The summed E-state index contributed by atoms with van der Waals surface area (Å²) in [5, 5.41) is 10.9. The fraction of sp³-hybridized carbons (Fsp3) is 0.0769. The van der Waals surface area contributed by atoms with Crippen LogP contribution in [0.15, 0.2) is 138 Å². The molecule has 0 amide bonds. The summed E-state index contributed by atoms with van der Waals surface area (Å²) < 4.78 is 6.38. The summed E-state index contributed by atoms with van der Waals surface area (Å²) in [7, 11) is 0. The van der Waals surface area contributed by atoms with Crippen LogP contribution in [-0.2, 0) is 26.5 Å². The van der Waals surface area contributed by atoms with Crippen molar-refractivity contribution in [2.75, 3.05) is 0 Å². The van der Waals surface area contributed by atoms with E-state index in [0.717, 1.165) is 44.6 Å². The van der Waals surface area contributed by atoms with Gasteiger partial charge in [0.15, 0.2) is 0 Å². The van der Waals surface area contributed by atoms with E-state index in [-0.39, 0.29) is 32.2 Å². The van der Waals surface area contributed by atoms with Crippen LogP contribution >= 0.6 is 0 Å². The summed E-state index contributed by atoms with van der Waals surface area (Å²) >= 11 is 0. The van der Waals surface area contributed by atoms with Crippen molar-refractivity contribution in [2.45, 2.75) is 19.3 Å². The number of hydrogen-bond donors (Lipinski definition) is 1. The smallest absolute Gasteiger partial charge is 0.230 e. The Kier molecular flexibility index (Phi) is 8.03. The van der Waals surface area contributed by atoms with Gasteiger partial charge in [0, 0.05) is 38.4 Å². The first-order chi connectivity index (χ1) is 21.0. The number of aromatic hydroxyl groups is 1. The average Bonchev–Trinajstić information content (AvgIpc) is 3.50. The van der Waals surface area contributed by atoms with E-state index in [4.69, 9.17) is 9.40 Å². The second kappa shape index (κ2) is 12.1. The largest absolute Gasteiger partial charge is 0.507 e. The van der Waals surface area contributed by atoms with Crippen LogP contribution in [0.25, 0.3) is 56.1 Å². The molecule has 0 bridgehead atoms. The summed E-state index contributed by atoms with van der Waals surface area (Å²) in [6, 6.07) is 45.8. The number of benzene rings is 5. The molecule has 0 atom stereocenters. The SMILES string of the molecule is CC(C)(c1ccccc1)c1ccc2oc(-c3cc(-c4ccccc4)ccc3O)nc2c1-c1[c-]c(-c2ccccn2)ccc1.[Pt]. The maximum atomic E-state index is 10.9. The molecule has 0 fully saturated rings. The molecule has 218 valence electrons. The van der Waals surface area contributed by atoms with Crippen LogP contribution in [0.2, 0.25) is 0 Å². The Hall–Kier alpha value is -4.79. The Morgan fingerprint density at radius 3 is 2.18 bits per heavy atom. The summed E-state index contributed by atoms with van der Waals surface area (Å²) in [6.07, 6.45) is 1.79. The van der Waals surface area contributed by atoms with Gasteiger partial charge in [0.1, 0.15) is 11.3 Å². The van der Waals surface area contributed by atoms with Crippen molar-refractivity contribution < 1.29 is 30.6 Å². The number of oxazole rings is 1. The van der Waals surface area contributed by atoms with E-state index in [9.17, 15) is 5.11 Å². The van der Waals surface area contributed by atoms with Gasteiger partial charge < -0.3 is 9.52 Å². The molecule has 2 aromatic heterocycles. The van der Waals surface area contributed by atoms with Crippen LogP contribution in [0.5, 0.6) is 5.75 Å². The number of hydrogen-bond acceptors (Lipinski definition) is 4. The van der Waals surface area contributed by atoms with Crippen LogP contribution in [-0.4, -0.2) is 15.1 Å². The van der Waals surface area contributed by atoms with E-state index in [2.05, 4.69) is 61.3 Å². The molecule has 44 heavy (non-hydrogen) atoms. The first-order valence-electron chi connectivity index (χ1n) is 14.3. The fourth-order valence-corrected chi connectivity index (χ4v) is 5.72. The second-order valence-corrected chi connectivity index (χ2v) is 11.1. The quantitative estimate of drug-likeness (QED) is 0.172. The molecular formula is C39H29N2O2Pt-. The van der Waals surface area contributed by atoms with E-state index in [1.54, 1.807) is 12.3 Å². The molecular weight excluding hydrogens is 724 g/mol. The van der Waals surface area contributed by atoms with Gasteiger partial charge >= 0.3 is 0 Å². The number of phenolic OH excluding ortho intramolecular Hbond substituents is 1. The fourth-order valence-electron chi connectivity index (χ4n) is 5.72. The molecule has 0 aliphatic rings. The van der Waals surface area contributed by atoms with Gasteiger partial charge in [0.25, 0.3) is 0 Å². The third-order valence-electron chi connectivity index (χ3n) is 8.07. The molecule has 7 rings (SSSR count). The second-order valence-electron chi connectivity index (χ2n) is 11.1. The van der Waals surface area contributed by atoms with Crippen LogP contribution in [0.1, 0.15) is 25.0 Å². The van der Waals surface area contributed by atoms with Crippen molar-refractivity contribution in [3.05, 3.63) is 151 Å². The van der Waals surface area contributed by atoms with Gasteiger partial charge in [0.2, 0.25) is 5.89 Å². The van der Waals surface area contributed by atoms with Crippen molar-refractivity contribution in [3.8, 4) is 50.7 Å². The molecule has 4 nitrogen and oxygen atoms in total. The zero-order valence-electron chi connectivity index (χ0n) is 24.3. The van der Waals surface area contributed by atoms with Crippen LogP contribution in [0.3, 0.4) is 0 Å². The van der Waals surface area contributed by atoms with Crippen LogP contribution in [0, 0.1) is 6.07 Å². The molecule has 5 heteroatoms.